The van der Waals surface area contributed by atoms with Crippen LogP contribution in [0.1, 0.15) is 0 Å². The van der Waals surface area contributed by atoms with Gasteiger partial charge in [0.05, 0.1) is 0 Å². The van der Waals surface area contributed by atoms with Crippen LogP contribution in [0.15, 0.2) is 0 Å². The Labute approximate surface area is 66.6 Å². The maximum absolute atomic E-state index is 1.33. The molecule has 1 heteroatoms. The Hall–Kier alpha value is 0.597. The summed E-state index contributed by atoms with van der Waals surface area (Å²) < 4.78 is 0. The molecule has 42 valence electrons. The van der Waals surface area contributed by atoms with Gasteiger partial charge < -0.3 is 0 Å². The molecule has 0 unspecified atom stereocenters. The molecule has 0 aromatic heterocycles. The molecule has 0 N–H and O–H groups in total. The molecule has 0 bridgehead atoms. The molecule has 6 aliphatic rings. The van der Waals surface area contributed by atoms with E-state index in [0.717, 1.165) is 0 Å². The predicted molar refractivity (Wildman–Crippen MR) is 35.1 cm³/mol. The molecule has 0 aliphatic heterocycles. The first-order chi connectivity index (χ1) is 4.00. The molecule has 0 radical (unpaired) electrons. The number of rotatable bonds is 0. The van der Waals surface area contributed by atoms with Crippen LogP contribution in [0.2, 0.25) is 0 Å². The summed E-state index contributed by atoms with van der Waals surface area (Å²) in [5.41, 5.74) is 0. The zero-order valence-corrected chi connectivity index (χ0v) is 4.62. The first-order valence-corrected chi connectivity index (χ1v) is 4.00. The molecule has 0 aromatic carbocycles. The van der Waals surface area contributed by atoms with Crippen LogP contribution in [0, 0.1) is 47.3 Å². The molecule has 0 atom stereocenters. The molecule has 0 aromatic rings. The van der Waals surface area contributed by atoms with E-state index in [-0.39, 0.29) is 18.9 Å². The van der Waals surface area contributed by atoms with Gasteiger partial charge in [0.1, 0.15) is 0 Å². The minimum atomic E-state index is 0. The van der Waals surface area contributed by atoms with E-state index in [1.54, 1.807) is 0 Å². The van der Waals surface area contributed by atoms with E-state index in [1.807, 2.05) is 0 Å². The Bertz CT molecular complexity index is 115. The summed E-state index contributed by atoms with van der Waals surface area (Å²) in [6.07, 6.45) is 0. The monoisotopic (exact) mass is 112 g/mol. The van der Waals surface area contributed by atoms with Gasteiger partial charge in [0.2, 0.25) is 0 Å². The third-order valence-corrected chi connectivity index (χ3v) is 5.33. The second kappa shape index (κ2) is 0.820. The molecule has 0 heterocycles. The van der Waals surface area contributed by atoms with Gasteiger partial charge in [0.25, 0.3) is 0 Å². The standard InChI is InChI=1S/C8H8.Li.H/c1-2-5-3(1)7-4(1)6(2)8(5)7;;/h1-8H;;. The summed E-state index contributed by atoms with van der Waals surface area (Å²) in [4.78, 5) is 0. The van der Waals surface area contributed by atoms with E-state index in [0.29, 0.717) is 0 Å². The molecule has 6 fully saturated rings. The van der Waals surface area contributed by atoms with E-state index in [2.05, 4.69) is 0 Å². The molecule has 9 heavy (non-hydrogen) atoms. The van der Waals surface area contributed by atoms with Crippen molar-refractivity contribution >= 4 is 18.9 Å². The van der Waals surface area contributed by atoms with Crippen molar-refractivity contribution in [3.05, 3.63) is 0 Å². The normalized spacial score (nSPS) is 96.0. The van der Waals surface area contributed by atoms with Gasteiger partial charge in [-0.15, -0.1) is 0 Å². The van der Waals surface area contributed by atoms with Crippen molar-refractivity contribution in [3.63, 3.8) is 0 Å². The summed E-state index contributed by atoms with van der Waals surface area (Å²) >= 11 is 0. The Kier molecular flexibility index (Phi) is 0.407. The number of hydrogen-bond acceptors (Lipinski definition) is 0. The van der Waals surface area contributed by atoms with Crippen molar-refractivity contribution in [3.8, 4) is 0 Å². The Balaban J connectivity index is 0.000000288. The molecule has 6 rings (SSSR count). The van der Waals surface area contributed by atoms with E-state index < -0.39 is 0 Å². The number of hydrogen-bond donors (Lipinski definition) is 0. The molecule has 0 saturated heterocycles. The molecule has 0 spiro atoms. The average Bonchev–Trinajstić information content (AvgIpc) is 1.90. The van der Waals surface area contributed by atoms with Crippen LogP contribution in [0.3, 0.4) is 0 Å². The van der Waals surface area contributed by atoms with E-state index in [9.17, 15) is 0 Å². The third kappa shape index (κ3) is 0.158. The van der Waals surface area contributed by atoms with Gasteiger partial charge in [0.15, 0.2) is 0 Å². The van der Waals surface area contributed by atoms with Crippen molar-refractivity contribution in [1.82, 2.24) is 0 Å². The fraction of sp³-hybridized carbons (Fsp3) is 1.00. The van der Waals surface area contributed by atoms with Gasteiger partial charge in [-0.1, -0.05) is 0 Å². The predicted octanol–water partition coefficient (Wildman–Crippen LogP) is 0.335. The van der Waals surface area contributed by atoms with Crippen LogP contribution in [0.5, 0.6) is 0 Å². The van der Waals surface area contributed by atoms with Gasteiger partial charge in [-0.2, -0.15) is 0 Å². The quantitative estimate of drug-likeness (QED) is 0.396. The Morgan fingerprint density at radius 3 is 0.556 bits per heavy atom. The summed E-state index contributed by atoms with van der Waals surface area (Å²) in [5.74, 6) is 10.7. The topological polar surface area (TPSA) is 0 Å². The Morgan fingerprint density at radius 2 is 0.444 bits per heavy atom. The third-order valence-electron chi connectivity index (χ3n) is 5.33. The van der Waals surface area contributed by atoms with Crippen LogP contribution in [0.4, 0.5) is 0 Å². The molecule has 6 saturated carbocycles. The first-order valence-electron chi connectivity index (χ1n) is 4.00. The maximum atomic E-state index is 1.33. The van der Waals surface area contributed by atoms with Crippen molar-refractivity contribution in [2.24, 2.45) is 47.3 Å². The molecule has 0 nitrogen and oxygen atoms in total. The minimum absolute atomic E-state index is 0. The molecule has 0 amide bonds. The van der Waals surface area contributed by atoms with Gasteiger partial charge >= 0.3 is 18.9 Å². The SMILES string of the molecule is C12C3C4C1C1C2C3C41.[LiH]. The fourth-order valence-electron chi connectivity index (χ4n) is 5.29. The van der Waals surface area contributed by atoms with Crippen LogP contribution in [-0.4, -0.2) is 18.9 Å². The second-order valence-electron chi connectivity index (χ2n) is 4.62. The van der Waals surface area contributed by atoms with Crippen LogP contribution >= 0.6 is 0 Å². The van der Waals surface area contributed by atoms with Gasteiger partial charge in [-0.3, -0.25) is 0 Å². The van der Waals surface area contributed by atoms with Crippen molar-refractivity contribution in [1.29, 1.82) is 0 Å². The zero-order valence-electron chi connectivity index (χ0n) is 4.62. The van der Waals surface area contributed by atoms with Crippen LogP contribution in [0.25, 0.3) is 0 Å². The Morgan fingerprint density at radius 1 is 0.333 bits per heavy atom. The van der Waals surface area contributed by atoms with E-state index in [1.165, 1.54) is 47.3 Å². The average molecular weight is 112 g/mol. The summed E-state index contributed by atoms with van der Waals surface area (Å²) in [6, 6.07) is 0. The molecular formula is C8H9Li. The van der Waals surface area contributed by atoms with Gasteiger partial charge in [-0.05, 0) is 47.3 Å². The summed E-state index contributed by atoms with van der Waals surface area (Å²) in [6.45, 7) is 0. The van der Waals surface area contributed by atoms with E-state index in [4.69, 9.17) is 0 Å². The van der Waals surface area contributed by atoms with E-state index >= 15 is 0 Å². The second-order valence-corrected chi connectivity index (χ2v) is 4.62. The zero-order chi connectivity index (χ0) is 4.62. The van der Waals surface area contributed by atoms with Crippen LogP contribution < -0.4 is 0 Å². The fourth-order valence-corrected chi connectivity index (χ4v) is 5.29. The molecular weight excluding hydrogens is 103 g/mol. The first kappa shape index (κ1) is 4.47. The summed E-state index contributed by atoms with van der Waals surface area (Å²) in [7, 11) is 0. The van der Waals surface area contributed by atoms with Crippen LogP contribution in [-0.2, 0) is 0 Å². The van der Waals surface area contributed by atoms with Crippen molar-refractivity contribution in [2.75, 3.05) is 0 Å². The van der Waals surface area contributed by atoms with Gasteiger partial charge in [-0.25, -0.2) is 0 Å². The van der Waals surface area contributed by atoms with Gasteiger partial charge in [0, 0.05) is 0 Å². The summed E-state index contributed by atoms with van der Waals surface area (Å²) in [5, 5.41) is 0. The van der Waals surface area contributed by atoms with Crippen molar-refractivity contribution in [2.45, 2.75) is 0 Å². The molecule has 6 aliphatic carbocycles. The van der Waals surface area contributed by atoms with Crippen molar-refractivity contribution < 1.29 is 0 Å².